The second-order valence-electron chi connectivity index (χ2n) is 10.8. The van der Waals surface area contributed by atoms with Crippen molar-refractivity contribution in [2.24, 2.45) is 12.5 Å². The molecule has 2 amide bonds. The lowest BCUT2D eigenvalue weighted by Crippen LogP contribution is -2.34. The maximum absolute atomic E-state index is 12.9. The van der Waals surface area contributed by atoms with Gasteiger partial charge in [-0.25, -0.2) is 4.98 Å². The van der Waals surface area contributed by atoms with E-state index in [0.717, 1.165) is 46.5 Å². The number of nitrogens with zero attached hydrogens (tertiary/aromatic N) is 3. The largest absolute Gasteiger partial charge is 0.371 e. The van der Waals surface area contributed by atoms with Crippen LogP contribution in [0.5, 0.6) is 0 Å². The van der Waals surface area contributed by atoms with Gasteiger partial charge in [-0.15, -0.1) is 0 Å². The highest BCUT2D eigenvalue weighted by molar-refractivity contribution is 6.36. The summed E-state index contributed by atoms with van der Waals surface area (Å²) < 4.78 is 2.03. The first kappa shape index (κ1) is 27.3. The van der Waals surface area contributed by atoms with Crippen molar-refractivity contribution in [2.75, 3.05) is 18.5 Å². The quantitative estimate of drug-likeness (QED) is 0.394. The van der Waals surface area contributed by atoms with Gasteiger partial charge in [0.25, 0.3) is 5.91 Å². The summed E-state index contributed by atoms with van der Waals surface area (Å²) in [4.78, 5) is 32.3. The minimum atomic E-state index is -0.492. The van der Waals surface area contributed by atoms with E-state index >= 15 is 0 Å². The molecule has 2 aromatic carbocycles. The second-order valence-corrected chi connectivity index (χ2v) is 11.5. The number of nitrogens with one attached hydrogen (secondary N) is 2. The molecular weight excluding hydrogens is 509 g/mol. The standard InChI is InChI=1S/C28H35Cl2N5O2/c1-7-31-26(36)19-12-21-23(14-22(19)34(5)17-9-10-17)35(6)24(33-21)13-18-20(29)11-8-16(25(18)30)15-32-27(37)28(2,3)4/h8,11-12,14,17H,7,9-10,13,15H2,1-6H3,(H,31,36)(H,32,37). The number of rotatable bonds is 8. The Balaban J connectivity index is 1.69. The zero-order valence-electron chi connectivity index (χ0n) is 22.3. The monoisotopic (exact) mass is 543 g/mol. The van der Waals surface area contributed by atoms with Gasteiger partial charge >= 0.3 is 0 Å². The zero-order chi connectivity index (χ0) is 27.1. The number of hydrogen-bond acceptors (Lipinski definition) is 4. The van der Waals surface area contributed by atoms with Crippen molar-refractivity contribution in [3.8, 4) is 0 Å². The summed E-state index contributed by atoms with van der Waals surface area (Å²) in [6.07, 6.45) is 2.67. The van der Waals surface area contributed by atoms with Crippen LogP contribution in [0.3, 0.4) is 0 Å². The Kier molecular flexibility index (Phi) is 7.77. The molecule has 0 bridgehead atoms. The molecule has 3 aromatic rings. The molecule has 9 heteroatoms. The van der Waals surface area contributed by atoms with Crippen LogP contribution in [0.4, 0.5) is 5.69 Å². The first-order valence-electron chi connectivity index (χ1n) is 12.7. The van der Waals surface area contributed by atoms with Crippen LogP contribution in [0, 0.1) is 5.41 Å². The summed E-state index contributed by atoms with van der Waals surface area (Å²) in [5.41, 5.74) is 4.27. The van der Waals surface area contributed by atoms with E-state index in [-0.39, 0.29) is 11.8 Å². The second kappa shape index (κ2) is 10.5. The molecular formula is C28H35Cl2N5O2. The third-order valence-electron chi connectivity index (χ3n) is 6.87. The lowest BCUT2D eigenvalue weighted by molar-refractivity contribution is -0.128. The van der Waals surface area contributed by atoms with Crippen LogP contribution in [0.15, 0.2) is 24.3 Å². The lowest BCUT2D eigenvalue weighted by Gasteiger charge is -2.22. The van der Waals surface area contributed by atoms with Crippen molar-refractivity contribution in [1.29, 1.82) is 0 Å². The molecule has 1 aliphatic rings. The zero-order valence-corrected chi connectivity index (χ0v) is 23.8. The number of aromatic nitrogens is 2. The summed E-state index contributed by atoms with van der Waals surface area (Å²) in [5, 5.41) is 6.94. The maximum Gasteiger partial charge on any atom is 0.253 e. The van der Waals surface area contributed by atoms with Crippen LogP contribution >= 0.6 is 23.2 Å². The number of fused-ring (bicyclic) bond motifs is 1. The summed E-state index contributed by atoms with van der Waals surface area (Å²) in [7, 11) is 4.01. The van der Waals surface area contributed by atoms with E-state index in [1.807, 2.05) is 58.5 Å². The van der Waals surface area contributed by atoms with Gasteiger partial charge in [-0.05, 0) is 49.1 Å². The number of halogens is 2. The third kappa shape index (κ3) is 5.73. The SMILES string of the molecule is CCNC(=O)c1cc2nc(Cc3c(Cl)ccc(CNC(=O)C(C)(C)C)c3Cl)n(C)c2cc1N(C)C1CC1. The van der Waals surface area contributed by atoms with Crippen molar-refractivity contribution in [3.63, 3.8) is 0 Å². The van der Waals surface area contributed by atoms with Crippen LogP contribution in [0.25, 0.3) is 11.0 Å². The summed E-state index contributed by atoms with van der Waals surface area (Å²) in [6.45, 7) is 8.39. The number of hydrogen-bond donors (Lipinski definition) is 2. The molecule has 1 aliphatic carbocycles. The van der Waals surface area contributed by atoms with E-state index in [9.17, 15) is 9.59 Å². The van der Waals surface area contributed by atoms with Gasteiger partial charge in [0.05, 0.1) is 27.3 Å². The Hall–Kier alpha value is -2.77. The molecule has 0 radical (unpaired) electrons. The molecule has 2 N–H and O–H groups in total. The number of benzene rings is 2. The van der Waals surface area contributed by atoms with Crippen LogP contribution in [-0.2, 0) is 24.8 Å². The lowest BCUT2D eigenvalue weighted by atomic mass is 9.95. The molecule has 1 aromatic heterocycles. The molecule has 198 valence electrons. The van der Waals surface area contributed by atoms with Crippen LogP contribution in [0.1, 0.15) is 67.8 Å². The molecule has 7 nitrogen and oxygen atoms in total. The number of amides is 2. The number of carbonyl (C=O) groups excluding carboxylic acids is 2. The van der Waals surface area contributed by atoms with Crippen molar-refractivity contribution in [3.05, 3.63) is 56.8 Å². The Labute approximate surface area is 228 Å². The first-order valence-corrected chi connectivity index (χ1v) is 13.4. The molecule has 0 atom stereocenters. The number of anilines is 1. The summed E-state index contributed by atoms with van der Waals surface area (Å²) >= 11 is 13.4. The molecule has 0 saturated heterocycles. The summed E-state index contributed by atoms with van der Waals surface area (Å²) in [6, 6.07) is 8.03. The van der Waals surface area contributed by atoms with Gasteiger partial charge in [-0.2, -0.15) is 0 Å². The van der Waals surface area contributed by atoms with E-state index in [2.05, 4.69) is 21.6 Å². The van der Waals surface area contributed by atoms with E-state index < -0.39 is 5.41 Å². The summed E-state index contributed by atoms with van der Waals surface area (Å²) in [5.74, 6) is 0.628. The topological polar surface area (TPSA) is 79.3 Å². The molecule has 0 unspecified atom stereocenters. The maximum atomic E-state index is 12.9. The van der Waals surface area contributed by atoms with Crippen molar-refractivity contribution in [2.45, 2.75) is 59.5 Å². The van der Waals surface area contributed by atoms with E-state index in [4.69, 9.17) is 28.2 Å². The molecule has 1 fully saturated rings. The van der Waals surface area contributed by atoms with Gasteiger partial charge in [0.15, 0.2) is 0 Å². The van der Waals surface area contributed by atoms with E-state index in [1.165, 1.54) is 0 Å². The number of carbonyl (C=O) groups is 2. The molecule has 1 saturated carbocycles. The van der Waals surface area contributed by atoms with Crippen LogP contribution in [0.2, 0.25) is 10.0 Å². The van der Waals surface area contributed by atoms with Gasteiger partial charge in [0, 0.05) is 50.1 Å². The molecule has 37 heavy (non-hydrogen) atoms. The highest BCUT2D eigenvalue weighted by Gasteiger charge is 2.30. The third-order valence-corrected chi connectivity index (χ3v) is 7.69. The Morgan fingerprint density at radius 1 is 1.16 bits per heavy atom. The number of aryl methyl sites for hydroxylation is 1. The molecule has 1 heterocycles. The fourth-order valence-corrected chi connectivity index (χ4v) is 4.94. The predicted octanol–water partition coefficient (Wildman–Crippen LogP) is 5.48. The Bertz CT molecular complexity index is 1360. The normalized spacial score (nSPS) is 13.6. The minimum Gasteiger partial charge on any atom is -0.371 e. The van der Waals surface area contributed by atoms with Crippen molar-refractivity contribution < 1.29 is 9.59 Å². The molecule has 0 aliphatic heterocycles. The predicted molar refractivity (Wildman–Crippen MR) is 151 cm³/mol. The van der Waals surface area contributed by atoms with Gasteiger partial charge in [0.2, 0.25) is 5.91 Å². The Morgan fingerprint density at radius 2 is 1.86 bits per heavy atom. The van der Waals surface area contributed by atoms with Crippen LogP contribution in [-0.4, -0.2) is 41.0 Å². The van der Waals surface area contributed by atoms with Gasteiger partial charge in [-0.3, -0.25) is 9.59 Å². The van der Waals surface area contributed by atoms with E-state index in [1.54, 1.807) is 6.07 Å². The average molecular weight is 545 g/mol. The Morgan fingerprint density at radius 3 is 2.49 bits per heavy atom. The van der Waals surface area contributed by atoms with Gasteiger partial charge < -0.3 is 20.1 Å². The first-order chi connectivity index (χ1) is 17.4. The van der Waals surface area contributed by atoms with Crippen molar-refractivity contribution in [1.82, 2.24) is 20.2 Å². The van der Waals surface area contributed by atoms with Crippen molar-refractivity contribution >= 4 is 51.7 Å². The number of imidazole rings is 1. The average Bonchev–Trinajstić information content (AvgIpc) is 3.64. The fourth-order valence-electron chi connectivity index (χ4n) is 4.37. The molecule has 4 rings (SSSR count). The highest BCUT2D eigenvalue weighted by Crippen LogP contribution is 2.36. The highest BCUT2D eigenvalue weighted by atomic mass is 35.5. The van der Waals surface area contributed by atoms with Crippen LogP contribution < -0.4 is 15.5 Å². The van der Waals surface area contributed by atoms with E-state index in [0.29, 0.717) is 41.2 Å². The van der Waals surface area contributed by atoms with Gasteiger partial charge in [0.1, 0.15) is 5.82 Å². The van der Waals surface area contributed by atoms with Gasteiger partial charge in [-0.1, -0.05) is 50.0 Å². The molecule has 0 spiro atoms. The fraction of sp³-hybridized carbons (Fsp3) is 0.464. The smallest absolute Gasteiger partial charge is 0.253 e. The minimum absolute atomic E-state index is 0.0506.